The molecule has 2 aromatic rings. The van der Waals surface area contributed by atoms with E-state index in [1.54, 1.807) is 12.1 Å². The molecule has 3 N–H and O–H groups in total. The van der Waals surface area contributed by atoms with E-state index < -0.39 is 0 Å². The van der Waals surface area contributed by atoms with Gasteiger partial charge in [-0.1, -0.05) is 35.9 Å². The Labute approximate surface area is 131 Å². The second-order valence-electron chi connectivity index (χ2n) is 5.42. The fourth-order valence-electron chi connectivity index (χ4n) is 2.06. The lowest BCUT2D eigenvalue weighted by Crippen LogP contribution is -2.37. The Balaban J connectivity index is 2.00. The van der Waals surface area contributed by atoms with Crippen molar-refractivity contribution in [3.63, 3.8) is 0 Å². The van der Waals surface area contributed by atoms with Crippen LogP contribution < -0.4 is 15.8 Å². The predicted molar refractivity (Wildman–Crippen MR) is 87.9 cm³/mol. The normalized spacial score (nSPS) is 11.8. The van der Waals surface area contributed by atoms with E-state index in [2.05, 4.69) is 11.4 Å². The minimum atomic E-state index is -0.140. The van der Waals surface area contributed by atoms with Crippen LogP contribution in [-0.4, -0.2) is 18.5 Å². The van der Waals surface area contributed by atoms with Crippen molar-refractivity contribution in [2.75, 3.05) is 6.54 Å². The van der Waals surface area contributed by atoms with Gasteiger partial charge in [-0.3, -0.25) is 4.79 Å². The molecule has 0 aliphatic rings. The van der Waals surface area contributed by atoms with E-state index in [4.69, 9.17) is 10.5 Å². The van der Waals surface area contributed by atoms with Crippen molar-refractivity contribution in [2.45, 2.75) is 26.5 Å². The van der Waals surface area contributed by atoms with Gasteiger partial charge in [0.1, 0.15) is 12.4 Å². The molecule has 0 heterocycles. The third-order valence-corrected chi connectivity index (χ3v) is 3.32. The van der Waals surface area contributed by atoms with Crippen molar-refractivity contribution in [1.29, 1.82) is 0 Å². The number of carbonyl (C=O) groups is 1. The molecule has 0 fully saturated rings. The van der Waals surface area contributed by atoms with E-state index in [1.165, 1.54) is 5.56 Å². The second kappa shape index (κ2) is 7.61. The first-order valence-electron chi connectivity index (χ1n) is 7.38. The van der Waals surface area contributed by atoms with Crippen molar-refractivity contribution in [2.24, 2.45) is 5.73 Å². The SMILES string of the molecule is Cc1cccc(COc2cccc(C(=O)N[C@@H](C)CN)c2)c1. The molecule has 2 aromatic carbocycles. The number of hydrogen-bond acceptors (Lipinski definition) is 3. The quantitative estimate of drug-likeness (QED) is 0.861. The zero-order chi connectivity index (χ0) is 15.9. The largest absolute Gasteiger partial charge is 0.489 e. The first-order chi connectivity index (χ1) is 10.6. The predicted octanol–water partition coefficient (Wildman–Crippen LogP) is 2.65. The number of nitrogens with one attached hydrogen (secondary N) is 1. The number of rotatable bonds is 6. The van der Waals surface area contributed by atoms with Crippen LogP contribution in [-0.2, 0) is 6.61 Å². The van der Waals surface area contributed by atoms with Gasteiger partial charge in [0.05, 0.1) is 0 Å². The molecule has 4 heteroatoms. The zero-order valence-corrected chi connectivity index (χ0v) is 13.0. The number of hydrogen-bond donors (Lipinski definition) is 2. The Kier molecular flexibility index (Phi) is 5.55. The van der Waals surface area contributed by atoms with E-state index in [0.717, 1.165) is 5.56 Å². The molecule has 0 unspecified atom stereocenters. The molecule has 4 nitrogen and oxygen atoms in total. The Morgan fingerprint density at radius 1 is 1.23 bits per heavy atom. The van der Waals surface area contributed by atoms with Gasteiger partial charge in [0.25, 0.3) is 5.91 Å². The average molecular weight is 298 g/mol. The highest BCUT2D eigenvalue weighted by atomic mass is 16.5. The monoisotopic (exact) mass is 298 g/mol. The summed E-state index contributed by atoms with van der Waals surface area (Å²) in [6.45, 7) is 4.81. The lowest BCUT2D eigenvalue weighted by molar-refractivity contribution is 0.0941. The zero-order valence-electron chi connectivity index (χ0n) is 13.0. The molecule has 0 aromatic heterocycles. The molecule has 116 valence electrons. The Morgan fingerprint density at radius 2 is 2.00 bits per heavy atom. The van der Waals surface area contributed by atoms with Gasteiger partial charge in [-0.25, -0.2) is 0 Å². The molecule has 0 aliphatic carbocycles. The molecule has 0 spiro atoms. The molecular weight excluding hydrogens is 276 g/mol. The lowest BCUT2D eigenvalue weighted by atomic mass is 10.1. The first kappa shape index (κ1) is 16.0. The summed E-state index contributed by atoms with van der Waals surface area (Å²) in [4.78, 5) is 12.1. The smallest absolute Gasteiger partial charge is 0.251 e. The van der Waals surface area contributed by atoms with E-state index >= 15 is 0 Å². The maximum absolute atomic E-state index is 12.1. The summed E-state index contributed by atoms with van der Waals surface area (Å²) >= 11 is 0. The molecule has 0 radical (unpaired) electrons. The number of benzene rings is 2. The van der Waals surface area contributed by atoms with Crippen LogP contribution in [0.3, 0.4) is 0 Å². The molecule has 1 amide bonds. The minimum Gasteiger partial charge on any atom is -0.489 e. The van der Waals surface area contributed by atoms with Gasteiger partial charge < -0.3 is 15.8 Å². The van der Waals surface area contributed by atoms with Gasteiger partial charge >= 0.3 is 0 Å². The van der Waals surface area contributed by atoms with Crippen LogP contribution >= 0.6 is 0 Å². The van der Waals surface area contributed by atoms with Gasteiger partial charge in [-0.15, -0.1) is 0 Å². The van der Waals surface area contributed by atoms with Gasteiger partial charge in [-0.05, 0) is 37.6 Å². The van der Waals surface area contributed by atoms with Crippen LogP contribution in [0.25, 0.3) is 0 Å². The Bertz CT molecular complexity index is 640. The number of aryl methyl sites for hydroxylation is 1. The summed E-state index contributed by atoms with van der Waals surface area (Å²) in [5.41, 5.74) is 8.39. The molecule has 2 rings (SSSR count). The summed E-state index contributed by atoms with van der Waals surface area (Å²) in [5.74, 6) is 0.536. The van der Waals surface area contributed by atoms with Crippen molar-refractivity contribution < 1.29 is 9.53 Å². The van der Waals surface area contributed by atoms with E-state index in [9.17, 15) is 4.79 Å². The molecular formula is C18H22N2O2. The topological polar surface area (TPSA) is 64.3 Å². The molecule has 1 atom stereocenters. The van der Waals surface area contributed by atoms with Crippen LogP contribution in [0, 0.1) is 6.92 Å². The molecule has 0 saturated heterocycles. The Morgan fingerprint density at radius 3 is 2.73 bits per heavy atom. The third kappa shape index (κ3) is 4.60. The Hall–Kier alpha value is -2.33. The van der Waals surface area contributed by atoms with E-state index in [-0.39, 0.29) is 11.9 Å². The number of nitrogens with two attached hydrogens (primary N) is 1. The molecule has 0 bridgehead atoms. The fraction of sp³-hybridized carbons (Fsp3) is 0.278. The van der Waals surface area contributed by atoms with Gasteiger partial charge in [0, 0.05) is 18.2 Å². The number of carbonyl (C=O) groups excluding carboxylic acids is 1. The standard InChI is InChI=1S/C18H22N2O2/c1-13-5-3-6-15(9-13)12-22-17-8-4-7-16(10-17)18(21)20-14(2)11-19/h3-10,14H,11-12,19H2,1-2H3,(H,20,21)/t14-/m0/s1. The second-order valence-corrected chi connectivity index (χ2v) is 5.42. The van der Waals surface area contributed by atoms with Gasteiger partial charge in [0.15, 0.2) is 0 Å². The summed E-state index contributed by atoms with van der Waals surface area (Å²) in [5, 5.41) is 2.83. The van der Waals surface area contributed by atoms with E-state index in [0.29, 0.717) is 24.5 Å². The van der Waals surface area contributed by atoms with Crippen LogP contribution in [0.1, 0.15) is 28.4 Å². The summed E-state index contributed by atoms with van der Waals surface area (Å²) < 4.78 is 5.76. The number of amides is 1. The minimum absolute atomic E-state index is 0.0515. The van der Waals surface area contributed by atoms with Crippen LogP contribution in [0.15, 0.2) is 48.5 Å². The molecule has 22 heavy (non-hydrogen) atoms. The van der Waals surface area contributed by atoms with Crippen LogP contribution in [0.5, 0.6) is 5.75 Å². The van der Waals surface area contributed by atoms with Crippen molar-refractivity contribution in [3.8, 4) is 5.75 Å². The highest BCUT2D eigenvalue weighted by molar-refractivity contribution is 5.94. The van der Waals surface area contributed by atoms with Crippen molar-refractivity contribution >= 4 is 5.91 Å². The van der Waals surface area contributed by atoms with Crippen molar-refractivity contribution in [1.82, 2.24) is 5.32 Å². The summed E-state index contributed by atoms with van der Waals surface area (Å²) in [6.07, 6.45) is 0. The first-order valence-corrected chi connectivity index (χ1v) is 7.38. The van der Waals surface area contributed by atoms with Crippen LogP contribution in [0.2, 0.25) is 0 Å². The summed E-state index contributed by atoms with van der Waals surface area (Å²) in [7, 11) is 0. The highest BCUT2D eigenvalue weighted by Gasteiger charge is 2.09. The maximum atomic E-state index is 12.1. The lowest BCUT2D eigenvalue weighted by Gasteiger charge is -2.12. The number of ether oxygens (including phenoxy) is 1. The third-order valence-electron chi connectivity index (χ3n) is 3.32. The van der Waals surface area contributed by atoms with Gasteiger partial charge in [-0.2, -0.15) is 0 Å². The fourth-order valence-corrected chi connectivity index (χ4v) is 2.06. The van der Waals surface area contributed by atoms with Crippen LogP contribution in [0.4, 0.5) is 0 Å². The summed E-state index contributed by atoms with van der Waals surface area (Å²) in [6, 6.07) is 15.3. The molecule has 0 aliphatic heterocycles. The maximum Gasteiger partial charge on any atom is 0.251 e. The highest BCUT2D eigenvalue weighted by Crippen LogP contribution is 2.16. The van der Waals surface area contributed by atoms with Gasteiger partial charge in [0.2, 0.25) is 0 Å². The van der Waals surface area contributed by atoms with E-state index in [1.807, 2.05) is 44.2 Å². The molecule has 0 saturated carbocycles. The van der Waals surface area contributed by atoms with Crippen molar-refractivity contribution in [3.05, 3.63) is 65.2 Å². The average Bonchev–Trinajstić information content (AvgIpc) is 2.53.